The molecular formula is C13H14ClN3O. The van der Waals surface area contributed by atoms with E-state index in [2.05, 4.69) is 9.97 Å². The Labute approximate surface area is 111 Å². The third kappa shape index (κ3) is 2.38. The summed E-state index contributed by atoms with van der Waals surface area (Å²) < 4.78 is 5.38. The minimum atomic E-state index is 0.229. The van der Waals surface area contributed by atoms with Crippen LogP contribution in [0.3, 0.4) is 0 Å². The summed E-state index contributed by atoms with van der Waals surface area (Å²) in [6.07, 6.45) is 1.63. The smallest absolute Gasteiger partial charge is 0.224 e. The molecule has 0 N–H and O–H groups in total. The van der Waals surface area contributed by atoms with Crippen molar-refractivity contribution in [1.29, 1.82) is 0 Å². The molecule has 0 atom stereocenters. The van der Waals surface area contributed by atoms with Crippen LogP contribution in [0.25, 0.3) is 0 Å². The fourth-order valence-corrected chi connectivity index (χ4v) is 2.00. The molecule has 1 heterocycles. The van der Waals surface area contributed by atoms with Crippen molar-refractivity contribution < 1.29 is 4.74 Å². The van der Waals surface area contributed by atoms with Gasteiger partial charge >= 0.3 is 0 Å². The van der Waals surface area contributed by atoms with Gasteiger partial charge in [0.2, 0.25) is 5.28 Å². The van der Waals surface area contributed by atoms with E-state index in [1.54, 1.807) is 19.4 Å². The van der Waals surface area contributed by atoms with Gasteiger partial charge in [-0.3, -0.25) is 0 Å². The van der Waals surface area contributed by atoms with E-state index in [9.17, 15) is 0 Å². The maximum atomic E-state index is 5.81. The predicted molar refractivity (Wildman–Crippen MR) is 72.8 cm³/mol. The topological polar surface area (TPSA) is 38.2 Å². The Morgan fingerprint density at radius 3 is 2.72 bits per heavy atom. The van der Waals surface area contributed by atoms with Gasteiger partial charge in [0.1, 0.15) is 11.6 Å². The van der Waals surface area contributed by atoms with Crippen molar-refractivity contribution in [2.45, 2.75) is 6.92 Å². The lowest BCUT2D eigenvalue weighted by Crippen LogP contribution is -2.14. The first-order valence-electron chi connectivity index (χ1n) is 5.49. The Balaban J connectivity index is 2.48. The summed E-state index contributed by atoms with van der Waals surface area (Å²) in [4.78, 5) is 10.0. The number of benzene rings is 1. The molecule has 0 radical (unpaired) electrons. The fourth-order valence-electron chi connectivity index (χ4n) is 1.85. The fraction of sp³-hybridized carbons (Fsp3) is 0.231. The summed E-state index contributed by atoms with van der Waals surface area (Å²) >= 11 is 5.81. The molecule has 0 aliphatic carbocycles. The van der Waals surface area contributed by atoms with Crippen LogP contribution in [0.5, 0.6) is 5.75 Å². The van der Waals surface area contributed by atoms with Crippen LogP contribution >= 0.6 is 11.6 Å². The minimum absolute atomic E-state index is 0.229. The molecule has 4 nitrogen and oxygen atoms in total. The molecule has 5 heteroatoms. The van der Waals surface area contributed by atoms with E-state index in [-0.39, 0.29) is 5.28 Å². The van der Waals surface area contributed by atoms with Gasteiger partial charge in [-0.1, -0.05) is 12.1 Å². The molecule has 0 amide bonds. The quantitative estimate of drug-likeness (QED) is 0.797. The van der Waals surface area contributed by atoms with E-state index < -0.39 is 0 Å². The maximum absolute atomic E-state index is 5.81. The van der Waals surface area contributed by atoms with Crippen LogP contribution in [0.1, 0.15) is 5.56 Å². The second kappa shape index (κ2) is 5.23. The molecule has 94 valence electrons. The van der Waals surface area contributed by atoms with E-state index in [1.807, 2.05) is 37.1 Å². The second-order valence-electron chi connectivity index (χ2n) is 3.87. The van der Waals surface area contributed by atoms with Crippen molar-refractivity contribution in [3.8, 4) is 5.75 Å². The third-order valence-electron chi connectivity index (χ3n) is 2.71. The standard InChI is InChI=1S/C13H14ClN3O/c1-9-5-4-6-10(18-3)12(9)17(2)11-7-8-15-13(14)16-11/h4-8H,1-3H3. The van der Waals surface area contributed by atoms with Crippen molar-refractivity contribution in [3.63, 3.8) is 0 Å². The highest BCUT2D eigenvalue weighted by atomic mass is 35.5. The summed E-state index contributed by atoms with van der Waals surface area (Å²) in [7, 11) is 3.57. The van der Waals surface area contributed by atoms with Gasteiger partial charge in [-0.05, 0) is 36.2 Å². The molecule has 0 bridgehead atoms. The monoisotopic (exact) mass is 263 g/mol. The number of hydrogen-bond donors (Lipinski definition) is 0. The summed E-state index contributed by atoms with van der Waals surface area (Å²) in [6, 6.07) is 7.70. The van der Waals surface area contributed by atoms with Crippen LogP contribution in [-0.2, 0) is 0 Å². The Kier molecular flexibility index (Phi) is 3.67. The van der Waals surface area contributed by atoms with Crippen LogP contribution in [-0.4, -0.2) is 24.1 Å². The van der Waals surface area contributed by atoms with Crippen molar-refractivity contribution in [2.75, 3.05) is 19.1 Å². The summed E-state index contributed by atoms with van der Waals surface area (Å²) in [5.41, 5.74) is 2.07. The molecule has 18 heavy (non-hydrogen) atoms. The number of ether oxygens (including phenoxy) is 1. The number of para-hydroxylation sites is 1. The molecule has 2 rings (SSSR count). The number of hydrogen-bond acceptors (Lipinski definition) is 4. The lowest BCUT2D eigenvalue weighted by molar-refractivity contribution is 0.415. The number of nitrogens with zero attached hydrogens (tertiary/aromatic N) is 3. The van der Waals surface area contributed by atoms with Crippen molar-refractivity contribution in [3.05, 3.63) is 41.3 Å². The third-order valence-corrected chi connectivity index (χ3v) is 2.89. The molecule has 0 saturated heterocycles. The zero-order chi connectivity index (χ0) is 13.1. The highest BCUT2D eigenvalue weighted by Crippen LogP contribution is 2.34. The van der Waals surface area contributed by atoms with Crippen LogP contribution in [0.2, 0.25) is 5.28 Å². The van der Waals surface area contributed by atoms with Gasteiger partial charge in [0.25, 0.3) is 0 Å². The van der Waals surface area contributed by atoms with E-state index in [0.717, 1.165) is 22.8 Å². The van der Waals surface area contributed by atoms with Crippen molar-refractivity contribution >= 4 is 23.1 Å². The van der Waals surface area contributed by atoms with E-state index >= 15 is 0 Å². The highest BCUT2D eigenvalue weighted by Gasteiger charge is 2.13. The number of rotatable bonds is 3. The van der Waals surface area contributed by atoms with E-state index in [0.29, 0.717) is 0 Å². The average molecular weight is 264 g/mol. The van der Waals surface area contributed by atoms with E-state index in [1.165, 1.54) is 0 Å². The molecule has 0 fully saturated rings. The van der Waals surface area contributed by atoms with Crippen LogP contribution in [0.4, 0.5) is 11.5 Å². The van der Waals surface area contributed by atoms with Crippen molar-refractivity contribution in [1.82, 2.24) is 9.97 Å². The second-order valence-corrected chi connectivity index (χ2v) is 4.21. The van der Waals surface area contributed by atoms with Gasteiger partial charge in [-0.2, -0.15) is 0 Å². The Morgan fingerprint density at radius 1 is 1.28 bits per heavy atom. The molecular weight excluding hydrogens is 250 g/mol. The Bertz CT molecular complexity index is 560. The number of aromatic nitrogens is 2. The molecule has 0 aliphatic heterocycles. The van der Waals surface area contributed by atoms with E-state index in [4.69, 9.17) is 16.3 Å². The molecule has 0 saturated carbocycles. The lowest BCUT2D eigenvalue weighted by atomic mass is 10.1. The summed E-state index contributed by atoms with van der Waals surface area (Å²) in [5.74, 6) is 1.52. The lowest BCUT2D eigenvalue weighted by Gasteiger charge is -2.22. The zero-order valence-electron chi connectivity index (χ0n) is 10.5. The van der Waals surface area contributed by atoms with Crippen LogP contribution < -0.4 is 9.64 Å². The van der Waals surface area contributed by atoms with Gasteiger partial charge in [-0.25, -0.2) is 9.97 Å². The largest absolute Gasteiger partial charge is 0.495 e. The SMILES string of the molecule is COc1cccc(C)c1N(C)c1ccnc(Cl)n1. The van der Waals surface area contributed by atoms with Gasteiger partial charge < -0.3 is 9.64 Å². The highest BCUT2D eigenvalue weighted by molar-refractivity contribution is 6.28. The molecule has 0 aliphatic rings. The van der Waals surface area contributed by atoms with Crippen LogP contribution in [0.15, 0.2) is 30.5 Å². The maximum Gasteiger partial charge on any atom is 0.224 e. The van der Waals surface area contributed by atoms with Gasteiger partial charge in [0.15, 0.2) is 0 Å². The number of halogens is 1. The first-order valence-corrected chi connectivity index (χ1v) is 5.87. The van der Waals surface area contributed by atoms with Gasteiger partial charge in [0.05, 0.1) is 12.8 Å². The number of aryl methyl sites for hydroxylation is 1. The zero-order valence-corrected chi connectivity index (χ0v) is 11.3. The molecule has 1 aromatic carbocycles. The first kappa shape index (κ1) is 12.6. The van der Waals surface area contributed by atoms with Crippen LogP contribution in [0, 0.1) is 6.92 Å². The first-order chi connectivity index (χ1) is 8.63. The summed E-state index contributed by atoms with van der Waals surface area (Å²) in [5, 5.41) is 0.229. The van der Waals surface area contributed by atoms with Crippen molar-refractivity contribution in [2.24, 2.45) is 0 Å². The van der Waals surface area contributed by atoms with Gasteiger partial charge in [0, 0.05) is 13.2 Å². The molecule has 1 aromatic heterocycles. The van der Waals surface area contributed by atoms with Gasteiger partial charge in [-0.15, -0.1) is 0 Å². The molecule has 0 unspecified atom stereocenters. The number of methoxy groups -OCH3 is 1. The normalized spacial score (nSPS) is 10.2. The molecule has 2 aromatic rings. The Hall–Kier alpha value is -1.81. The average Bonchev–Trinajstić information content (AvgIpc) is 2.37. The Morgan fingerprint density at radius 2 is 2.06 bits per heavy atom. The minimum Gasteiger partial charge on any atom is -0.495 e. The molecule has 0 spiro atoms. The number of anilines is 2. The summed E-state index contributed by atoms with van der Waals surface area (Å²) in [6.45, 7) is 2.02. The predicted octanol–water partition coefficient (Wildman–Crippen LogP) is 3.21.